The van der Waals surface area contributed by atoms with Gasteiger partial charge in [0.15, 0.2) is 0 Å². The molecule has 0 aromatic rings. The normalized spacial score (nSPS) is 22.1. The molecular formula is C17H34N2O3. The van der Waals surface area contributed by atoms with Crippen LogP contribution in [0.5, 0.6) is 0 Å². The predicted octanol–water partition coefficient (Wildman–Crippen LogP) is 3.18. The third-order valence-corrected chi connectivity index (χ3v) is 3.91. The standard InChI is InChI=1S/C17H34N2O3/c1-6-7-8-9-10-11-18-14-12-19(13-15(14)21-5)16(20)22-17(2,3)4/h14-15,18H,6-13H2,1-5H3/t14?,15-/m0/s1. The Morgan fingerprint density at radius 1 is 1.18 bits per heavy atom. The molecule has 1 rings (SSSR count). The third kappa shape index (κ3) is 6.97. The van der Waals surface area contributed by atoms with E-state index in [-0.39, 0.29) is 18.2 Å². The summed E-state index contributed by atoms with van der Waals surface area (Å²) in [5.74, 6) is 0. The lowest BCUT2D eigenvalue weighted by atomic mass is 10.1. The Labute approximate surface area is 135 Å². The fourth-order valence-corrected chi connectivity index (χ4v) is 2.70. The zero-order chi connectivity index (χ0) is 16.6. The second-order valence-electron chi connectivity index (χ2n) is 7.13. The van der Waals surface area contributed by atoms with Crippen LogP contribution in [-0.4, -0.2) is 55.5 Å². The molecule has 0 aliphatic carbocycles. The first-order valence-corrected chi connectivity index (χ1v) is 8.61. The Balaban J connectivity index is 2.33. The molecule has 5 heteroatoms. The number of carbonyl (C=O) groups excluding carboxylic acids is 1. The van der Waals surface area contributed by atoms with Crippen molar-refractivity contribution in [1.29, 1.82) is 0 Å². The van der Waals surface area contributed by atoms with Gasteiger partial charge in [-0.2, -0.15) is 0 Å². The minimum atomic E-state index is -0.454. The van der Waals surface area contributed by atoms with Crippen molar-refractivity contribution in [2.45, 2.75) is 77.5 Å². The number of rotatable bonds is 8. The molecule has 1 fully saturated rings. The summed E-state index contributed by atoms with van der Waals surface area (Å²) >= 11 is 0. The Morgan fingerprint density at radius 2 is 1.86 bits per heavy atom. The Hall–Kier alpha value is -0.810. The average Bonchev–Trinajstić information content (AvgIpc) is 2.84. The zero-order valence-corrected chi connectivity index (χ0v) is 15.0. The Kier molecular flexibility index (Phi) is 8.18. The fourth-order valence-electron chi connectivity index (χ4n) is 2.70. The predicted molar refractivity (Wildman–Crippen MR) is 89.2 cm³/mol. The highest BCUT2D eigenvalue weighted by Gasteiger charge is 2.36. The molecular weight excluding hydrogens is 280 g/mol. The first-order valence-electron chi connectivity index (χ1n) is 8.61. The molecule has 22 heavy (non-hydrogen) atoms. The SMILES string of the molecule is CCCCCCCNC1CN(C(=O)OC(C)(C)C)C[C@@H]1OC. The maximum Gasteiger partial charge on any atom is 0.410 e. The number of carbonyl (C=O) groups is 1. The van der Waals surface area contributed by atoms with Crippen LogP contribution in [-0.2, 0) is 9.47 Å². The number of amides is 1. The molecule has 1 saturated heterocycles. The molecule has 0 bridgehead atoms. The molecule has 1 unspecified atom stereocenters. The molecule has 0 saturated carbocycles. The molecule has 1 heterocycles. The molecule has 0 aromatic carbocycles. The van der Waals surface area contributed by atoms with Crippen molar-refractivity contribution in [3.63, 3.8) is 0 Å². The monoisotopic (exact) mass is 314 g/mol. The van der Waals surface area contributed by atoms with Crippen LogP contribution >= 0.6 is 0 Å². The average molecular weight is 314 g/mol. The van der Waals surface area contributed by atoms with Gasteiger partial charge in [0, 0.05) is 13.7 Å². The highest BCUT2D eigenvalue weighted by molar-refractivity contribution is 5.68. The van der Waals surface area contributed by atoms with Gasteiger partial charge in [0.1, 0.15) is 5.60 Å². The van der Waals surface area contributed by atoms with E-state index in [2.05, 4.69) is 12.2 Å². The van der Waals surface area contributed by atoms with Gasteiger partial charge in [0.2, 0.25) is 0 Å². The second kappa shape index (κ2) is 9.36. The molecule has 1 N–H and O–H groups in total. The first-order chi connectivity index (χ1) is 10.4. The minimum absolute atomic E-state index is 0.0446. The van der Waals surface area contributed by atoms with Crippen LogP contribution in [0.15, 0.2) is 0 Å². The smallest absolute Gasteiger partial charge is 0.410 e. The summed E-state index contributed by atoms with van der Waals surface area (Å²) in [6.45, 7) is 10.1. The van der Waals surface area contributed by atoms with Crippen molar-refractivity contribution in [1.82, 2.24) is 10.2 Å². The van der Waals surface area contributed by atoms with Crippen molar-refractivity contribution in [3.8, 4) is 0 Å². The maximum absolute atomic E-state index is 12.1. The van der Waals surface area contributed by atoms with Crippen LogP contribution in [0.3, 0.4) is 0 Å². The Morgan fingerprint density at radius 3 is 2.45 bits per heavy atom. The summed E-state index contributed by atoms with van der Waals surface area (Å²) in [4.78, 5) is 13.9. The first kappa shape index (κ1) is 19.2. The van der Waals surface area contributed by atoms with Crippen molar-refractivity contribution < 1.29 is 14.3 Å². The van der Waals surface area contributed by atoms with E-state index in [0.717, 1.165) is 6.54 Å². The number of methoxy groups -OCH3 is 1. The van der Waals surface area contributed by atoms with E-state index in [4.69, 9.17) is 9.47 Å². The number of likely N-dealkylation sites (tertiary alicyclic amines) is 1. The zero-order valence-electron chi connectivity index (χ0n) is 15.0. The van der Waals surface area contributed by atoms with E-state index in [1.54, 1.807) is 12.0 Å². The van der Waals surface area contributed by atoms with Crippen LogP contribution in [0, 0.1) is 0 Å². The summed E-state index contributed by atoms with van der Waals surface area (Å²) in [5.41, 5.74) is -0.454. The summed E-state index contributed by atoms with van der Waals surface area (Å²) in [6, 6.07) is 0.198. The van der Waals surface area contributed by atoms with Gasteiger partial charge in [-0.3, -0.25) is 0 Å². The van der Waals surface area contributed by atoms with Gasteiger partial charge in [-0.15, -0.1) is 0 Å². The lowest BCUT2D eigenvalue weighted by Crippen LogP contribution is -2.41. The Bertz CT molecular complexity index is 328. The molecule has 0 aromatic heterocycles. The third-order valence-electron chi connectivity index (χ3n) is 3.91. The van der Waals surface area contributed by atoms with E-state index in [9.17, 15) is 4.79 Å². The van der Waals surface area contributed by atoms with Gasteiger partial charge in [-0.1, -0.05) is 32.6 Å². The molecule has 1 amide bonds. The molecule has 1 aliphatic rings. The molecule has 0 radical (unpaired) electrons. The van der Waals surface area contributed by atoms with Crippen molar-refractivity contribution in [3.05, 3.63) is 0 Å². The van der Waals surface area contributed by atoms with Crippen LogP contribution in [0.2, 0.25) is 0 Å². The van der Waals surface area contributed by atoms with Crippen molar-refractivity contribution in [2.24, 2.45) is 0 Å². The second-order valence-corrected chi connectivity index (χ2v) is 7.13. The highest BCUT2D eigenvalue weighted by Crippen LogP contribution is 2.17. The van der Waals surface area contributed by atoms with Crippen LogP contribution < -0.4 is 5.32 Å². The van der Waals surface area contributed by atoms with Gasteiger partial charge >= 0.3 is 6.09 Å². The van der Waals surface area contributed by atoms with E-state index in [0.29, 0.717) is 13.1 Å². The van der Waals surface area contributed by atoms with Crippen LogP contribution in [0.4, 0.5) is 4.79 Å². The molecule has 1 aliphatic heterocycles. The summed E-state index contributed by atoms with van der Waals surface area (Å²) in [5, 5.41) is 3.53. The maximum atomic E-state index is 12.1. The van der Waals surface area contributed by atoms with Gasteiger partial charge in [-0.25, -0.2) is 4.79 Å². The van der Waals surface area contributed by atoms with Crippen LogP contribution in [0.1, 0.15) is 59.8 Å². The largest absolute Gasteiger partial charge is 0.444 e. The summed E-state index contributed by atoms with van der Waals surface area (Å²) in [7, 11) is 1.71. The minimum Gasteiger partial charge on any atom is -0.444 e. The fraction of sp³-hybridized carbons (Fsp3) is 0.941. The lowest BCUT2D eigenvalue weighted by molar-refractivity contribution is 0.0252. The quantitative estimate of drug-likeness (QED) is 0.699. The summed E-state index contributed by atoms with van der Waals surface area (Å²) in [6.07, 6.45) is 6.13. The molecule has 2 atom stereocenters. The molecule has 5 nitrogen and oxygen atoms in total. The lowest BCUT2D eigenvalue weighted by Gasteiger charge is -2.24. The van der Waals surface area contributed by atoms with Gasteiger partial charge in [0.25, 0.3) is 0 Å². The van der Waals surface area contributed by atoms with E-state index >= 15 is 0 Å². The van der Waals surface area contributed by atoms with Crippen molar-refractivity contribution in [2.75, 3.05) is 26.7 Å². The number of unbranched alkanes of at least 4 members (excludes halogenated alkanes) is 4. The van der Waals surface area contributed by atoms with Crippen LogP contribution in [0.25, 0.3) is 0 Å². The highest BCUT2D eigenvalue weighted by atomic mass is 16.6. The van der Waals surface area contributed by atoms with Gasteiger partial charge in [0.05, 0.1) is 18.7 Å². The molecule has 0 spiro atoms. The van der Waals surface area contributed by atoms with Crippen molar-refractivity contribution >= 4 is 6.09 Å². The van der Waals surface area contributed by atoms with E-state index in [1.807, 2.05) is 20.8 Å². The number of ether oxygens (including phenoxy) is 2. The molecule has 130 valence electrons. The topological polar surface area (TPSA) is 50.8 Å². The van der Waals surface area contributed by atoms with Gasteiger partial charge in [-0.05, 0) is 33.7 Å². The summed E-state index contributed by atoms with van der Waals surface area (Å²) < 4.78 is 11.0. The number of nitrogens with zero attached hydrogens (tertiary/aromatic N) is 1. The van der Waals surface area contributed by atoms with Gasteiger partial charge < -0.3 is 19.7 Å². The number of nitrogens with one attached hydrogen (secondary N) is 1. The number of hydrogen-bond donors (Lipinski definition) is 1. The van der Waals surface area contributed by atoms with E-state index < -0.39 is 5.60 Å². The van der Waals surface area contributed by atoms with E-state index in [1.165, 1.54) is 32.1 Å². The number of hydrogen-bond acceptors (Lipinski definition) is 4.